The second-order valence-electron chi connectivity index (χ2n) is 1.69. The van der Waals surface area contributed by atoms with Crippen LogP contribution in [0.2, 0.25) is 0 Å². The molecule has 1 atom stereocenters. The zero-order valence-corrected chi connectivity index (χ0v) is 6.16. The van der Waals surface area contributed by atoms with E-state index >= 15 is 0 Å². The van der Waals surface area contributed by atoms with E-state index < -0.39 is 0 Å². The molecule has 0 spiro atoms. The molecule has 0 heterocycles. The van der Waals surface area contributed by atoms with E-state index in [0.29, 0.717) is 11.0 Å². The number of rotatable bonds is 3. The average molecular weight is 129 g/mol. The molecule has 0 saturated carbocycles. The quantitative estimate of drug-likeness (QED) is 0.582. The maximum Gasteiger partial charge on any atom is 0.0810 e. The molecule has 0 saturated heterocycles. The average Bonchev–Trinajstić information content (AvgIpc) is 1.83. The molecule has 0 aromatic heterocycles. The Morgan fingerprint density at radius 2 is 2.38 bits per heavy atom. The molecule has 0 aliphatic heterocycles. The van der Waals surface area contributed by atoms with Gasteiger partial charge >= 0.3 is 0 Å². The fourth-order valence-corrected chi connectivity index (χ4v) is 0.892. The summed E-state index contributed by atoms with van der Waals surface area (Å²) in [4.78, 5) is 0. The number of nitrogens with zero attached hydrogens (tertiary/aromatic N) is 1. The third-order valence-corrected chi connectivity index (χ3v) is 2.21. The molecule has 0 radical (unpaired) electrons. The topological polar surface area (TPSA) is 23.8 Å². The Balaban J connectivity index is 3.01. The summed E-state index contributed by atoms with van der Waals surface area (Å²) in [5, 5.41) is 8.79. The number of thioether (sulfide) groups is 1. The summed E-state index contributed by atoms with van der Waals surface area (Å²) in [5.41, 5.74) is 0. The predicted octanol–water partition coefficient (Wildman–Crippen LogP) is 2.04. The summed E-state index contributed by atoms with van der Waals surface area (Å²) in [6.45, 7) is 4.27. The fourth-order valence-electron chi connectivity index (χ4n) is 0.297. The smallest absolute Gasteiger partial charge is 0.0810 e. The Hall–Kier alpha value is -0.160. The molecule has 0 rings (SSSR count). The van der Waals surface area contributed by atoms with Crippen molar-refractivity contribution >= 4 is 11.8 Å². The molecule has 0 aromatic rings. The Morgan fingerprint density at radius 3 is 2.75 bits per heavy atom. The van der Waals surface area contributed by atoms with Gasteiger partial charge in [0.1, 0.15) is 0 Å². The van der Waals surface area contributed by atoms with Gasteiger partial charge in [-0.15, -0.1) is 11.8 Å². The molecule has 46 valence electrons. The van der Waals surface area contributed by atoms with Crippen molar-refractivity contribution in [1.82, 2.24) is 0 Å². The summed E-state index contributed by atoms with van der Waals surface area (Å²) >= 11 is 1.72. The van der Waals surface area contributed by atoms with Crippen LogP contribution in [0.25, 0.3) is 0 Å². The highest BCUT2D eigenvalue weighted by molar-refractivity contribution is 8.00. The first-order chi connectivity index (χ1) is 3.81. The Morgan fingerprint density at radius 1 is 1.75 bits per heavy atom. The Labute approximate surface area is 55.1 Å². The lowest BCUT2D eigenvalue weighted by atomic mass is 10.4. The zero-order chi connectivity index (χ0) is 6.41. The van der Waals surface area contributed by atoms with Gasteiger partial charge in [0, 0.05) is 5.25 Å². The van der Waals surface area contributed by atoms with E-state index in [2.05, 4.69) is 19.9 Å². The molecule has 0 bridgehead atoms. The van der Waals surface area contributed by atoms with Crippen molar-refractivity contribution in [3.63, 3.8) is 0 Å². The van der Waals surface area contributed by atoms with Crippen LogP contribution in [0.4, 0.5) is 0 Å². The maximum atomic E-state index is 8.14. The SMILES string of the molecule is CCC(C)SCC#N. The minimum Gasteiger partial charge on any atom is -0.197 e. The van der Waals surface area contributed by atoms with Gasteiger partial charge < -0.3 is 0 Å². The van der Waals surface area contributed by atoms with E-state index in [-0.39, 0.29) is 0 Å². The summed E-state index contributed by atoms with van der Waals surface area (Å²) in [5.74, 6) is 0.634. The lowest BCUT2D eigenvalue weighted by Gasteiger charge is -2.01. The van der Waals surface area contributed by atoms with Gasteiger partial charge in [0.05, 0.1) is 11.8 Å². The van der Waals surface area contributed by atoms with E-state index in [1.807, 2.05) is 0 Å². The van der Waals surface area contributed by atoms with Crippen molar-refractivity contribution in [3.8, 4) is 6.07 Å². The summed E-state index contributed by atoms with van der Waals surface area (Å²) < 4.78 is 0. The van der Waals surface area contributed by atoms with Crippen LogP contribution in [0.3, 0.4) is 0 Å². The number of hydrogen-bond donors (Lipinski definition) is 0. The van der Waals surface area contributed by atoms with Crippen molar-refractivity contribution in [3.05, 3.63) is 0 Å². The van der Waals surface area contributed by atoms with Crippen molar-refractivity contribution in [2.75, 3.05) is 5.75 Å². The zero-order valence-electron chi connectivity index (χ0n) is 5.35. The van der Waals surface area contributed by atoms with Gasteiger partial charge in [0.2, 0.25) is 0 Å². The molecular formula is C6H11NS. The minimum absolute atomic E-state index is 0.634. The normalized spacial score (nSPS) is 12.6. The van der Waals surface area contributed by atoms with E-state index in [9.17, 15) is 0 Å². The predicted molar refractivity (Wildman–Crippen MR) is 37.8 cm³/mol. The third-order valence-electron chi connectivity index (χ3n) is 1.01. The largest absolute Gasteiger partial charge is 0.197 e. The van der Waals surface area contributed by atoms with Crippen LogP contribution in [-0.4, -0.2) is 11.0 Å². The van der Waals surface area contributed by atoms with Crippen molar-refractivity contribution in [1.29, 1.82) is 5.26 Å². The number of hydrogen-bond acceptors (Lipinski definition) is 2. The first-order valence-electron chi connectivity index (χ1n) is 2.79. The van der Waals surface area contributed by atoms with Crippen LogP contribution < -0.4 is 0 Å². The first kappa shape index (κ1) is 7.84. The second kappa shape index (κ2) is 4.99. The van der Waals surface area contributed by atoms with Gasteiger partial charge in [-0.05, 0) is 6.42 Å². The highest BCUT2D eigenvalue weighted by Crippen LogP contribution is 2.11. The van der Waals surface area contributed by atoms with Crippen LogP contribution in [0.5, 0.6) is 0 Å². The molecule has 8 heavy (non-hydrogen) atoms. The van der Waals surface area contributed by atoms with Gasteiger partial charge in [-0.3, -0.25) is 0 Å². The van der Waals surface area contributed by atoms with Crippen LogP contribution in [0.1, 0.15) is 20.3 Å². The number of nitriles is 1. The third kappa shape index (κ3) is 4.01. The molecule has 0 aliphatic rings. The highest BCUT2D eigenvalue weighted by Gasteiger charge is 1.95. The minimum atomic E-state index is 0.634. The Kier molecular flexibility index (Phi) is 4.89. The molecular weight excluding hydrogens is 118 g/mol. The molecule has 0 fully saturated rings. The molecule has 1 unspecified atom stereocenters. The molecule has 1 nitrogen and oxygen atoms in total. The van der Waals surface area contributed by atoms with Gasteiger partial charge in [-0.2, -0.15) is 5.26 Å². The fraction of sp³-hybridized carbons (Fsp3) is 0.833. The standard InChI is InChI=1S/C6H11NS/c1-3-6(2)8-5-4-7/h6H,3,5H2,1-2H3. The maximum absolute atomic E-state index is 8.14. The van der Waals surface area contributed by atoms with Gasteiger partial charge in [0.25, 0.3) is 0 Å². The van der Waals surface area contributed by atoms with E-state index in [4.69, 9.17) is 5.26 Å². The molecule has 0 aliphatic carbocycles. The van der Waals surface area contributed by atoms with E-state index in [1.165, 1.54) is 0 Å². The highest BCUT2D eigenvalue weighted by atomic mass is 32.2. The van der Waals surface area contributed by atoms with Gasteiger partial charge in [-0.25, -0.2) is 0 Å². The van der Waals surface area contributed by atoms with Gasteiger partial charge in [-0.1, -0.05) is 13.8 Å². The first-order valence-corrected chi connectivity index (χ1v) is 3.84. The lowest BCUT2D eigenvalue weighted by Crippen LogP contribution is -1.92. The molecule has 0 N–H and O–H groups in total. The molecule has 0 amide bonds. The van der Waals surface area contributed by atoms with Crippen LogP contribution in [0.15, 0.2) is 0 Å². The lowest BCUT2D eigenvalue weighted by molar-refractivity contribution is 0.907. The van der Waals surface area contributed by atoms with Crippen LogP contribution in [-0.2, 0) is 0 Å². The van der Waals surface area contributed by atoms with E-state index in [1.54, 1.807) is 11.8 Å². The summed E-state index contributed by atoms with van der Waals surface area (Å²) in [7, 11) is 0. The summed E-state index contributed by atoms with van der Waals surface area (Å²) in [6, 6.07) is 2.10. The van der Waals surface area contributed by atoms with Gasteiger partial charge in [0.15, 0.2) is 0 Å². The summed E-state index contributed by atoms with van der Waals surface area (Å²) in [6.07, 6.45) is 1.16. The van der Waals surface area contributed by atoms with Crippen molar-refractivity contribution in [2.24, 2.45) is 0 Å². The van der Waals surface area contributed by atoms with Crippen molar-refractivity contribution in [2.45, 2.75) is 25.5 Å². The van der Waals surface area contributed by atoms with Crippen LogP contribution >= 0.6 is 11.8 Å². The van der Waals surface area contributed by atoms with Crippen LogP contribution in [0, 0.1) is 11.3 Å². The van der Waals surface area contributed by atoms with E-state index in [0.717, 1.165) is 6.42 Å². The van der Waals surface area contributed by atoms with Crippen molar-refractivity contribution < 1.29 is 0 Å². The monoisotopic (exact) mass is 129 g/mol. The molecule has 0 aromatic carbocycles. The Bertz CT molecular complexity index is 85.0. The molecule has 2 heteroatoms. The second-order valence-corrected chi connectivity index (χ2v) is 3.11.